The van der Waals surface area contributed by atoms with Gasteiger partial charge in [-0.2, -0.15) is 0 Å². The van der Waals surface area contributed by atoms with Crippen LogP contribution in [0.25, 0.3) is 0 Å². The molecule has 1 aromatic carbocycles. The van der Waals surface area contributed by atoms with Crippen LogP contribution in [0.1, 0.15) is 21.5 Å². The van der Waals surface area contributed by atoms with Crippen molar-refractivity contribution >= 4 is 29.0 Å². The molecule has 20 heavy (non-hydrogen) atoms. The topological polar surface area (TPSA) is 54.0 Å². The molecule has 2 rings (SSSR count). The molecule has 0 aliphatic heterocycles. The first-order valence-electron chi connectivity index (χ1n) is 6.23. The standard InChI is InChI=1S/C15H16ClN3O/c1-9-4-5-12(6-10(9)2)19-15(20)11-7-13(16)14(17-3)18-8-11/h4-8H,1-3H3,(H,17,18)(H,19,20). The molecule has 0 aliphatic carbocycles. The highest BCUT2D eigenvalue weighted by molar-refractivity contribution is 6.33. The third kappa shape index (κ3) is 3.08. The van der Waals surface area contributed by atoms with Crippen LogP contribution in [0.3, 0.4) is 0 Å². The van der Waals surface area contributed by atoms with Crippen molar-refractivity contribution < 1.29 is 4.79 Å². The van der Waals surface area contributed by atoms with Crippen LogP contribution < -0.4 is 10.6 Å². The zero-order valence-electron chi connectivity index (χ0n) is 11.6. The Morgan fingerprint density at radius 1 is 1.20 bits per heavy atom. The van der Waals surface area contributed by atoms with Crippen molar-refractivity contribution in [1.29, 1.82) is 0 Å². The van der Waals surface area contributed by atoms with Crippen LogP contribution >= 0.6 is 11.6 Å². The van der Waals surface area contributed by atoms with E-state index in [0.717, 1.165) is 11.3 Å². The predicted octanol–water partition coefficient (Wildman–Crippen LogP) is 3.65. The number of anilines is 2. The van der Waals surface area contributed by atoms with Crippen molar-refractivity contribution in [3.63, 3.8) is 0 Å². The number of nitrogens with one attached hydrogen (secondary N) is 2. The van der Waals surface area contributed by atoms with Crippen LogP contribution in [0.5, 0.6) is 0 Å². The Kier molecular flexibility index (Phi) is 4.25. The second kappa shape index (κ2) is 5.92. The zero-order chi connectivity index (χ0) is 14.7. The number of aromatic nitrogens is 1. The molecule has 5 heteroatoms. The largest absolute Gasteiger partial charge is 0.372 e. The summed E-state index contributed by atoms with van der Waals surface area (Å²) in [6.45, 7) is 4.03. The molecule has 104 valence electrons. The minimum Gasteiger partial charge on any atom is -0.372 e. The summed E-state index contributed by atoms with van der Waals surface area (Å²) in [6.07, 6.45) is 1.49. The maximum absolute atomic E-state index is 12.1. The van der Waals surface area contributed by atoms with Crippen LogP contribution in [0, 0.1) is 13.8 Å². The van der Waals surface area contributed by atoms with Crippen molar-refractivity contribution in [3.05, 3.63) is 52.2 Å². The van der Waals surface area contributed by atoms with Crippen LogP contribution in [0.15, 0.2) is 30.5 Å². The van der Waals surface area contributed by atoms with E-state index < -0.39 is 0 Å². The van der Waals surface area contributed by atoms with Crippen LogP contribution in [-0.4, -0.2) is 17.9 Å². The van der Waals surface area contributed by atoms with Gasteiger partial charge in [-0.25, -0.2) is 4.98 Å². The Morgan fingerprint density at radius 3 is 2.55 bits per heavy atom. The number of hydrogen-bond acceptors (Lipinski definition) is 3. The molecule has 0 atom stereocenters. The molecule has 0 aliphatic rings. The molecule has 1 amide bonds. The number of carbonyl (C=O) groups is 1. The minimum atomic E-state index is -0.231. The number of pyridine rings is 1. The maximum Gasteiger partial charge on any atom is 0.257 e. The molecular weight excluding hydrogens is 274 g/mol. The van der Waals surface area contributed by atoms with Crippen molar-refractivity contribution in [2.24, 2.45) is 0 Å². The molecule has 0 saturated heterocycles. The van der Waals surface area contributed by atoms with Gasteiger partial charge in [-0.05, 0) is 43.2 Å². The van der Waals surface area contributed by atoms with E-state index in [2.05, 4.69) is 15.6 Å². The quantitative estimate of drug-likeness (QED) is 0.907. The monoisotopic (exact) mass is 289 g/mol. The lowest BCUT2D eigenvalue weighted by atomic mass is 10.1. The van der Waals surface area contributed by atoms with Crippen LogP contribution in [-0.2, 0) is 0 Å². The summed E-state index contributed by atoms with van der Waals surface area (Å²) in [7, 11) is 1.73. The van der Waals surface area contributed by atoms with Crippen molar-refractivity contribution in [3.8, 4) is 0 Å². The summed E-state index contributed by atoms with van der Waals surface area (Å²) in [4.78, 5) is 16.2. The number of nitrogens with zero attached hydrogens (tertiary/aromatic N) is 1. The summed E-state index contributed by atoms with van der Waals surface area (Å²) < 4.78 is 0. The van der Waals surface area contributed by atoms with E-state index in [9.17, 15) is 4.79 Å². The van der Waals surface area contributed by atoms with Crippen LogP contribution in [0.2, 0.25) is 5.02 Å². The molecule has 0 fully saturated rings. The number of rotatable bonds is 3. The Balaban J connectivity index is 2.19. The molecule has 0 radical (unpaired) electrons. The number of halogens is 1. The highest BCUT2D eigenvalue weighted by atomic mass is 35.5. The molecule has 2 aromatic rings. The van der Waals surface area contributed by atoms with E-state index in [4.69, 9.17) is 11.6 Å². The first-order valence-corrected chi connectivity index (χ1v) is 6.61. The summed E-state index contributed by atoms with van der Waals surface area (Å²) in [5.41, 5.74) is 3.50. The van der Waals surface area contributed by atoms with Gasteiger partial charge in [0, 0.05) is 18.9 Å². The minimum absolute atomic E-state index is 0.231. The normalized spacial score (nSPS) is 10.2. The third-order valence-corrected chi connectivity index (χ3v) is 3.39. The highest BCUT2D eigenvalue weighted by Gasteiger charge is 2.10. The lowest BCUT2D eigenvalue weighted by Crippen LogP contribution is -2.12. The molecule has 0 bridgehead atoms. The van der Waals surface area contributed by atoms with E-state index in [1.807, 2.05) is 32.0 Å². The van der Waals surface area contributed by atoms with Gasteiger partial charge in [-0.15, -0.1) is 0 Å². The SMILES string of the molecule is CNc1ncc(C(=O)Nc2ccc(C)c(C)c2)cc1Cl. The third-order valence-electron chi connectivity index (χ3n) is 3.10. The van der Waals surface area contributed by atoms with Gasteiger partial charge in [0.25, 0.3) is 5.91 Å². The second-order valence-electron chi connectivity index (χ2n) is 4.56. The highest BCUT2D eigenvalue weighted by Crippen LogP contribution is 2.20. The van der Waals surface area contributed by atoms with E-state index >= 15 is 0 Å². The maximum atomic E-state index is 12.1. The van der Waals surface area contributed by atoms with Gasteiger partial charge in [0.15, 0.2) is 0 Å². The van der Waals surface area contributed by atoms with E-state index in [1.54, 1.807) is 13.1 Å². The van der Waals surface area contributed by atoms with Gasteiger partial charge in [0.05, 0.1) is 10.6 Å². The van der Waals surface area contributed by atoms with Gasteiger partial charge >= 0.3 is 0 Å². The van der Waals surface area contributed by atoms with Gasteiger partial charge in [-0.3, -0.25) is 4.79 Å². The number of carbonyl (C=O) groups excluding carboxylic acids is 1. The Labute approximate surface area is 123 Å². The van der Waals surface area contributed by atoms with E-state index in [0.29, 0.717) is 16.4 Å². The second-order valence-corrected chi connectivity index (χ2v) is 4.96. The lowest BCUT2D eigenvalue weighted by molar-refractivity contribution is 0.102. The molecule has 0 unspecified atom stereocenters. The Bertz CT molecular complexity index is 656. The molecule has 1 heterocycles. The Hall–Kier alpha value is -2.07. The summed E-state index contributed by atoms with van der Waals surface area (Å²) in [5.74, 6) is 0.319. The molecule has 1 aromatic heterocycles. The van der Waals surface area contributed by atoms with Gasteiger partial charge < -0.3 is 10.6 Å². The lowest BCUT2D eigenvalue weighted by Gasteiger charge is -2.09. The molecule has 4 nitrogen and oxygen atoms in total. The number of amides is 1. The fourth-order valence-electron chi connectivity index (χ4n) is 1.77. The first kappa shape index (κ1) is 14.3. The van der Waals surface area contributed by atoms with Gasteiger partial charge in [0.1, 0.15) is 5.82 Å². The fraction of sp³-hybridized carbons (Fsp3) is 0.200. The fourth-order valence-corrected chi connectivity index (χ4v) is 2.03. The summed E-state index contributed by atoms with van der Waals surface area (Å²) in [5, 5.41) is 6.10. The summed E-state index contributed by atoms with van der Waals surface area (Å²) in [6, 6.07) is 7.37. The number of benzene rings is 1. The predicted molar refractivity (Wildman–Crippen MR) is 82.7 cm³/mol. The first-order chi connectivity index (χ1) is 9.51. The van der Waals surface area contributed by atoms with Gasteiger partial charge in [-0.1, -0.05) is 17.7 Å². The van der Waals surface area contributed by atoms with E-state index in [-0.39, 0.29) is 5.91 Å². The van der Waals surface area contributed by atoms with Gasteiger partial charge in [0.2, 0.25) is 0 Å². The molecule has 0 spiro atoms. The van der Waals surface area contributed by atoms with E-state index in [1.165, 1.54) is 11.8 Å². The number of hydrogen-bond donors (Lipinski definition) is 2. The molecule has 2 N–H and O–H groups in total. The molecular formula is C15H16ClN3O. The Morgan fingerprint density at radius 2 is 1.95 bits per heavy atom. The smallest absolute Gasteiger partial charge is 0.257 e. The van der Waals surface area contributed by atoms with Crippen molar-refractivity contribution in [1.82, 2.24) is 4.98 Å². The average Bonchev–Trinajstić information content (AvgIpc) is 2.42. The zero-order valence-corrected chi connectivity index (χ0v) is 12.4. The van der Waals surface area contributed by atoms with Crippen molar-refractivity contribution in [2.45, 2.75) is 13.8 Å². The summed E-state index contributed by atoms with van der Waals surface area (Å²) >= 11 is 6.02. The van der Waals surface area contributed by atoms with Crippen LogP contribution in [0.4, 0.5) is 11.5 Å². The number of aryl methyl sites for hydroxylation is 2. The van der Waals surface area contributed by atoms with Crippen molar-refractivity contribution in [2.75, 3.05) is 17.7 Å². The average molecular weight is 290 g/mol. The molecule has 0 saturated carbocycles.